The third kappa shape index (κ3) is 5.22. The minimum absolute atomic E-state index is 0.0431. The summed E-state index contributed by atoms with van der Waals surface area (Å²) in [6.45, 7) is 5.99. The van der Waals surface area contributed by atoms with E-state index >= 15 is 0 Å². The van der Waals surface area contributed by atoms with E-state index in [2.05, 4.69) is 19.2 Å². The summed E-state index contributed by atoms with van der Waals surface area (Å²) < 4.78 is 0. The second-order valence-electron chi connectivity index (χ2n) is 7.07. The number of nitrogens with one attached hydrogen (secondary N) is 1. The summed E-state index contributed by atoms with van der Waals surface area (Å²) in [4.78, 5) is 39.4. The Balaban J connectivity index is 1.78. The number of carbonyl (C=O) groups is 3. The molecule has 2 heterocycles. The molecule has 23 heavy (non-hydrogen) atoms. The van der Waals surface area contributed by atoms with Crippen molar-refractivity contribution in [1.29, 1.82) is 0 Å². The number of urea groups is 1. The maximum Gasteiger partial charge on any atom is 0.324 e. The number of rotatable bonds is 6. The van der Waals surface area contributed by atoms with Gasteiger partial charge in [0, 0.05) is 38.5 Å². The van der Waals surface area contributed by atoms with Gasteiger partial charge in [0.15, 0.2) is 0 Å². The molecule has 0 saturated carbocycles. The number of imide groups is 1. The van der Waals surface area contributed by atoms with Crippen molar-refractivity contribution in [2.45, 2.75) is 64.8 Å². The van der Waals surface area contributed by atoms with E-state index in [1.807, 2.05) is 4.90 Å². The van der Waals surface area contributed by atoms with Gasteiger partial charge in [-0.05, 0) is 31.6 Å². The second kappa shape index (κ2) is 8.31. The first-order valence-electron chi connectivity index (χ1n) is 8.86. The first-order valence-corrected chi connectivity index (χ1v) is 8.86. The molecule has 2 fully saturated rings. The Kier molecular flexibility index (Phi) is 6.42. The molecule has 2 saturated heterocycles. The monoisotopic (exact) mass is 323 g/mol. The number of hydrogen-bond acceptors (Lipinski definition) is 3. The second-order valence-corrected chi connectivity index (χ2v) is 7.07. The van der Waals surface area contributed by atoms with Gasteiger partial charge in [-0.25, -0.2) is 4.79 Å². The first-order chi connectivity index (χ1) is 11.0. The normalized spacial score (nSPS) is 23.3. The van der Waals surface area contributed by atoms with Crippen LogP contribution in [0.4, 0.5) is 4.79 Å². The van der Waals surface area contributed by atoms with E-state index in [0.717, 1.165) is 32.2 Å². The molecular weight excluding hydrogens is 294 g/mol. The van der Waals surface area contributed by atoms with Crippen LogP contribution in [0.5, 0.6) is 0 Å². The average molecular weight is 323 g/mol. The van der Waals surface area contributed by atoms with Crippen LogP contribution in [0.25, 0.3) is 0 Å². The minimum Gasteiger partial charge on any atom is -0.343 e. The van der Waals surface area contributed by atoms with Gasteiger partial charge in [0.05, 0.1) is 0 Å². The number of amides is 4. The van der Waals surface area contributed by atoms with Crippen molar-refractivity contribution in [3.63, 3.8) is 0 Å². The largest absolute Gasteiger partial charge is 0.343 e. The summed E-state index contributed by atoms with van der Waals surface area (Å²) >= 11 is 0. The van der Waals surface area contributed by atoms with Crippen LogP contribution in [-0.2, 0) is 9.59 Å². The lowest BCUT2D eigenvalue weighted by molar-refractivity contribution is -0.131. The minimum atomic E-state index is -0.283. The van der Waals surface area contributed by atoms with Crippen molar-refractivity contribution in [1.82, 2.24) is 15.1 Å². The third-order valence-electron chi connectivity index (χ3n) is 4.53. The fraction of sp³-hybridized carbons (Fsp3) is 0.824. The van der Waals surface area contributed by atoms with Crippen LogP contribution in [0.15, 0.2) is 0 Å². The average Bonchev–Trinajstić information content (AvgIpc) is 2.66. The SMILES string of the molecule is CC(C)C[C@H]1CC(=O)N(CCCN2CCCCCC2=O)C(=O)N1. The molecule has 1 atom stereocenters. The van der Waals surface area contributed by atoms with Gasteiger partial charge < -0.3 is 10.2 Å². The van der Waals surface area contributed by atoms with Crippen LogP contribution in [0.3, 0.4) is 0 Å². The molecule has 0 radical (unpaired) electrons. The molecule has 2 aliphatic heterocycles. The Morgan fingerprint density at radius 2 is 1.87 bits per heavy atom. The molecule has 2 aliphatic rings. The van der Waals surface area contributed by atoms with Crippen LogP contribution in [0.1, 0.15) is 58.8 Å². The molecule has 0 aromatic rings. The molecule has 0 aromatic heterocycles. The zero-order valence-corrected chi connectivity index (χ0v) is 14.3. The Morgan fingerprint density at radius 3 is 2.57 bits per heavy atom. The van der Waals surface area contributed by atoms with E-state index in [1.165, 1.54) is 4.90 Å². The van der Waals surface area contributed by atoms with Crippen LogP contribution in [0.2, 0.25) is 0 Å². The van der Waals surface area contributed by atoms with Crippen LogP contribution in [0, 0.1) is 5.92 Å². The lowest BCUT2D eigenvalue weighted by Gasteiger charge is -2.32. The summed E-state index contributed by atoms with van der Waals surface area (Å²) in [5.41, 5.74) is 0. The Morgan fingerprint density at radius 1 is 1.09 bits per heavy atom. The topological polar surface area (TPSA) is 69.7 Å². The molecule has 6 heteroatoms. The van der Waals surface area contributed by atoms with Gasteiger partial charge in [0.2, 0.25) is 11.8 Å². The summed E-state index contributed by atoms with van der Waals surface area (Å²) in [5.74, 6) is 0.559. The molecule has 2 rings (SSSR count). The van der Waals surface area contributed by atoms with E-state index in [1.54, 1.807) is 0 Å². The highest BCUT2D eigenvalue weighted by Gasteiger charge is 2.31. The molecule has 0 unspecified atom stereocenters. The van der Waals surface area contributed by atoms with Gasteiger partial charge in [-0.2, -0.15) is 0 Å². The molecule has 0 aliphatic carbocycles. The highest BCUT2D eigenvalue weighted by Crippen LogP contribution is 2.16. The predicted molar refractivity (Wildman–Crippen MR) is 87.8 cm³/mol. The summed E-state index contributed by atoms with van der Waals surface area (Å²) in [5, 5.41) is 2.92. The zero-order chi connectivity index (χ0) is 16.8. The van der Waals surface area contributed by atoms with E-state index in [-0.39, 0.29) is 23.9 Å². The third-order valence-corrected chi connectivity index (χ3v) is 4.53. The number of hydrogen-bond donors (Lipinski definition) is 1. The van der Waals surface area contributed by atoms with E-state index in [0.29, 0.717) is 38.3 Å². The van der Waals surface area contributed by atoms with Crippen molar-refractivity contribution in [2.75, 3.05) is 19.6 Å². The smallest absolute Gasteiger partial charge is 0.324 e. The van der Waals surface area contributed by atoms with Gasteiger partial charge in [-0.1, -0.05) is 20.3 Å². The summed E-state index contributed by atoms with van der Waals surface area (Å²) in [6, 6.07) is -0.326. The quantitative estimate of drug-likeness (QED) is 0.814. The van der Waals surface area contributed by atoms with Gasteiger partial charge >= 0.3 is 6.03 Å². The van der Waals surface area contributed by atoms with Gasteiger partial charge in [-0.15, -0.1) is 0 Å². The van der Waals surface area contributed by atoms with Gasteiger partial charge in [-0.3, -0.25) is 14.5 Å². The maximum atomic E-state index is 12.2. The Bertz CT molecular complexity index is 432. The molecule has 0 bridgehead atoms. The Hall–Kier alpha value is -1.59. The van der Waals surface area contributed by atoms with Crippen molar-refractivity contribution in [3.8, 4) is 0 Å². The predicted octanol–water partition coefficient (Wildman–Crippen LogP) is 2.14. The fourth-order valence-electron chi connectivity index (χ4n) is 3.37. The molecule has 0 spiro atoms. The van der Waals surface area contributed by atoms with Gasteiger partial charge in [0.1, 0.15) is 0 Å². The van der Waals surface area contributed by atoms with Crippen LogP contribution >= 0.6 is 0 Å². The highest BCUT2D eigenvalue weighted by molar-refractivity contribution is 5.97. The van der Waals surface area contributed by atoms with Gasteiger partial charge in [0.25, 0.3) is 0 Å². The van der Waals surface area contributed by atoms with E-state index in [4.69, 9.17) is 0 Å². The van der Waals surface area contributed by atoms with Crippen molar-refractivity contribution in [3.05, 3.63) is 0 Å². The molecule has 4 amide bonds. The molecule has 0 aromatic carbocycles. The van der Waals surface area contributed by atoms with E-state index in [9.17, 15) is 14.4 Å². The standard InChI is InChI=1S/C17H29N3O3/c1-13(2)11-14-12-16(22)20(17(23)18-14)10-6-9-19-8-5-3-4-7-15(19)21/h13-14H,3-12H2,1-2H3,(H,18,23)/t14-/m0/s1. The van der Waals surface area contributed by atoms with Crippen molar-refractivity contribution in [2.24, 2.45) is 5.92 Å². The lowest BCUT2D eigenvalue weighted by atomic mass is 9.99. The Labute approximate surface area is 138 Å². The van der Waals surface area contributed by atoms with Crippen molar-refractivity contribution >= 4 is 17.8 Å². The number of nitrogens with zero attached hydrogens (tertiary/aromatic N) is 2. The summed E-state index contributed by atoms with van der Waals surface area (Å²) in [6.07, 6.45) is 5.61. The number of likely N-dealkylation sites (tertiary alicyclic amines) is 1. The lowest BCUT2D eigenvalue weighted by Crippen LogP contribution is -2.55. The molecule has 1 N–H and O–H groups in total. The molecule has 6 nitrogen and oxygen atoms in total. The molecular formula is C17H29N3O3. The van der Waals surface area contributed by atoms with E-state index < -0.39 is 0 Å². The molecule has 130 valence electrons. The highest BCUT2D eigenvalue weighted by atomic mass is 16.2. The van der Waals surface area contributed by atoms with Crippen LogP contribution in [-0.4, -0.2) is 53.3 Å². The summed E-state index contributed by atoms with van der Waals surface area (Å²) in [7, 11) is 0. The first kappa shape index (κ1) is 17.8. The number of carbonyl (C=O) groups excluding carboxylic acids is 3. The van der Waals surface area contributed by atoms with Crippen LogP contribution < -0.4 is 5.32 Å². The fourth-order valence-corrected chi connectivity index (χ4v) is 3.37. The maximum absolute atomic E-state index is 12.2. The zero-order valence-electron chi connectivity index (χ0n) is 14.3. The van der Waals surface area contributed by atoms with Crippen molar-refractivity contribution < 1.29 is 14.4 Å².